The Bertz CT molecular complexity index is 439. The summed E-state index contributed by atoms with van der Waals surface area (Å²) in [5.41, 5.74) is 1.57. The Morgan fingerprint density at radius 1 is 1.26 bits per heavy atom. The third-order valence-corrected chi connectivity index (χ3v) is 4.74. The first-order valence-corrected chi connectivity index (χ1v) is 7.59. The number of ether oxygens (including phenoxy) is 2. The average Bonchev–Trinajstić information content (AvgIpc) is 2.37. The minimum absolute atomic E-state index is 0.361. The second-order valence-electron chi connectivity index (χ2n) is 5.15. The summed E-state index contributed by atoms with van der Waals surface area (Å²) in [6.07, 6.45) is 5.12. The summed E-state index contributed by atoms with van der Waals surface area (Å²) in [7, 11) is 3.32. The van der Waals surface area contributed by atoms with E-state index in [1.807, 2.05) is 6.07 Å². The van der Waals surface area contributed by atoms with Gasteiger partial charge in [-0.05, 0) is 59.3 Å². The normalized spacial score (nSPS) is 16.8. The third kappa shape index (κ3) is 3.06. The first-order valence-electron chi connectivity index (χ1n) is 6.79. The van der Waals surface area contributed by atoms with E-state index in [9.17, 15) is 0 Å². The largest absolute Gasteiger partial charge is 0.493 e. The molecule has 2 rings (SSSR count). The molecule has 0 radical (unpaired) electrons. The van der Waals surface area contributed by atoms with Gasteiger partial charge in [0, 0.05) is 12.1 Å². The van der Waals surface area contributed by atoms with Crippen LogP contribution in [0.1, 0.15) is 38.2 Å². The number of methoxy groups -OCH3 is 2. The Balaban J connectivity index is 2.10. The van der Waals surface area contributed by atoms with Crippen LogP contribution in [0.3, 0.4) is 0 Å². The topological polar surface area (TPSA) is 30.5 Å². The summed E-state index contributed by atoms with van der Waals surface area (Å²) in [5.74, 6) is 1.52. The van der Waals surface area contributed by atoms with Crippen LogP contribution in [0.15, 0.2) is 16.6 Å². The molecule has 1 aromatic carbocycles. The van der Waals surface area contributed by atoms with Gasteiger partial charge in [-0.3, -0.25) is 0 Å². The van der Waals surface area contributed by atoms with Crippen molar-refractivity contribution in [3.05, 3.63) is 22.2 Å². The van der Waals surface area contributed by atoms with Crippen molar-refractivity contribution in [2.45, 2.75) is 44.7 Å². The summed E-state index contributed by atoms with van der Waals surface area (Å²) >= 11 is 3.53. The van der Waals surface area contributed by atoms with Gasteiger partial charge in [-0.15, -0.1) is 0 Å². The quantitative estimate of drug-likeness (QED) is 0.859. The molecule has 19 heavy (non-hydrogen) atoms. The van der Waals surface area contributed by atoms with Crippen molar-refractivity contribution in [3.63, 3.8) is 0 Å². The summed E-state index contributed by atoms with van der Waals surface area (Å²) < 4.78 is 11.6. The SMILES string of the molecule is CCC1(NCc2cc(Br)c(OC)c(OC)c2)CCC1. The molecule has 0 aromatic heterocycles. The maximum absolute atomic E-state index is 5.37. The zero-order valence-corrected chi connectivity index (χ0v) is 13.5. The molecule has 0 unspecified atom stereocenters. The van der Waals surface area contributed by atoms with Crippen molar-refractivity contribution in [2.75, 3.05) is 14.2 Å². The highest BCUT2D eigenvalue weighted by Gasteiger charge is 2.34. The van der Waals surface area contributed by atoms with Gasteiger partial charge in [-0.1, -0.05) is 6.92 Å². The molecule has 0 aliphatic heterocycles. The second kappa shape index (κ2) is 6.14. The monoisotopic (exact) mass is 327 g/mol. The van der Waals surface area contributed by atoms with Crippen LogP contribution in [0.4, 0.5) is 0 Å². The fourth-order valence-electron chi connectivity index (χ4n) is 2.62. The third-order valence-electron chi connectivity index (χ3n) is 4.15. The smallest absolute Gasteiger partial charge is 0.174 e. The minimum atomic E-state index is 0.361. The molecule has 0 amide bonds. The predicted octanol–water partition coefficient (Wildman–Crippen LogP) is 3.89. The van der Waals surface area contributed by atoms with Gasteiger partial charge < -0.3 is 14.8 Å². The summed E-state index contributed by atoms with van der Waals surface area (Å²) in [6, 6.07) is 4.13. The van der Waals surface area contributed by atoms with Crippen molar-refractivity contribution < 1.29 is 9.47 Å². The Hall–Kier alpha value is -0.740. The molecular weight excluding hydrogens is 306 g/mol. The van der Waals surface area contributed by atoms with E-state index in [0.717, 1.165) is 22.5 Å². The van der Waals surface area contributed by atoms with Crippen LogP contribution < -0.4 is 14.8 Å². The number of hydrogen-bond acceptors (Lipinski definition) is 3. The zero-order valence-electron chi connectivity index (χ0n) is 11.9. The summed E-state index contributed by atoms with van der Waals surface area (Å²) in [4.78, 5) is 0. The molecule has 0 atom stereocenters. The van der Waals surface area contributed by atoms with Crippen LogP contribution in [-0.4, -0.2) is 19.8 Å². The van der Waals surface area contributed by atoms with E-state index in [0.29, 0.717) is 5.54 Å². The standard InChI is InChI=1S/C15H22BrNO2/c1-4-15(6-5-7-15)17-10-11-8-12(16)14(19-3)13(9-11)18-2/h8-9,17H,4-7,10H2,1-3H3. The highest BCUT2D eigenvalue weighted by atomic mass is 79.9. The molecule has 1 saturated carbocycles. The van der Waals surface area contributed by atoms with Crippen molar-refractivity contribution in [1.82, 2.24) is 5.32 Å². The number of hydrogen-bond donors (Lipinski definition) is 1. The molecule has 1 aliphatic carbocycles. The van der Waals surface area contributed by atoms with Crippen LogP contribution in [-0.2, 0) is 6.54 Å². The van der Waals surface area contributed by atoms with Crippen molar-refractivity contribution in [1.29, 1.82) is 0 Å². The van der Waals surface area contributed by atoms with Crippen LogP contribution in [0.25, 0.3) is 0 Å². The lowest BCUT2D eigenvalue weighted by atomic mass is 9.75. The molecule has 0 bridgehead atoms. The van der Waals surface area contributed by atoms with Gasteiger partial charge >= 0.3 is 0 Å². The molecule has 1 aliphatic rings. The maximum Gasteiger partial charge on any atom is 0.174 e. The number of benzene rings is 1. The summed E-state index contributed by atoms with van der Waals surface area (Å²) in [5, 5.41) is 3.70. The lowest BCUT2D eigenvalue weighted by Crippen LogP contribution is -2.49. The molecule has 106 valence electrons. The highest BCUT2D eigenvalue weighted by Crippen LogP contribution is 2.38. The minimum Gasteiger partial charge on any atom is -0.493 e. The second-order valence-corrected chi connectivity index (χ2v) is 6.01. The Labute approximate surface area is 123 Å². The van der Waals surface area contributed by atoms with Gasteiger partial charge in [0.05, 0.1) is 18.7 Å². The average molecular weight is 328 g/mol. The molecule has 0 spiro atoms. The van der Waals surface area contributed by atoms with Gasteiger partial charge in [-0.25, -0.2) is 0 Å². The van der Waals surface area contributed by atoms with E-state index in [1.54, 1.807) is 14.2 Å². The highest BCUT2D eigenvalue weighted by molar-refractivity contribution is 9.10. The van der Waals surface area contributed by atoms with Gasteiger partial charge in [0.25, 0.3) is 0 Å². The molecular formula is C15H22BrNO2. The first-order chi connectivity index (χ1) is 9.14. The number of rotatable bonds is 6. The number of nitrogens with one attached hydrogen (secondary N) is 1. The molecule has 1 aromatic rings. The van der Waals surface area contributed by atoms with Gasteiger partial charge in [-0.2, -0.15) is 0 Å². The molecule has 0 heterocycles. The molecule has 0 saturated heterocycles. The maximum atomic E-state index is 5.37. The van der Waals surface area contributed by atoms with Gasteiger partial charge in [0.2, 0.25) is 0 Å². The van der Waals surface area contributed by atoms with Gasteiger partial charge in [0.15, 0.2) is 11.5 Å². The molecule has 1 fully saturated rings. The van der Waals surface area contributed by atoms with Crippen LogP contribution >= 0.6 is 15.9 Å². The molecule has 3 nitrogen and oxygen atoms in total. The number of halogens is 1. The zero-order chi connectivity index (χ0) is 13.9. The van der Waals surface area contributed by atoms with Crippen LogP contribution in [0.5, 0.6) is 11.5 Å². The van der Waals surface area contributed by atoms with Crippen molar-refractivity contribution in [3.8, 4) is 11.5 Å². The van der Waals surface area contributed by atoms with Crippen molar-refractivity contribution in [2.24, 2.45) is 0 Å². The fraction of sp³-hybridized carbons (Fsp3) is 0.600. The van der Waals surface area contributed by atoms with E-state index in [2.05, 4.69) is 34.2 Å². The Kier molecular flexibility index (Phi) is 4.74. The Morgan fingerprint density at radius 3 is 2.47 bits per heavy atom. The van der Waals surface area contributed by atoms with E-state index in [4.69, 9.17) is 9.47 Å². The predicted molar refractivity (Wildman–Crippen MR) is 81.0 cm³/mol. The molecule has 4 heteroatoms. The van der Waals surface area contributed by atoms with Crippen molar-refractivity contribution >= 4 is 15.9 Å². The molecule has 1 N–H and O–H groups in total. The van der Waals surface area contributed by atoms with E-state index in [-0.39, 0.29) is 0 Å². The lowest BCUT2D eigenvalue weighted by molar-refractivity contribution is 0.175. The van der Waals surface area contributed by atoms with Crippen LogP contribution in [0, 0.1) is 0 Å². The Morgan fingerprint density at radius 2 is 2.00 bits per heavy atom. The van der Waals surface area contributed by atoms with Gasteiger partial charge in [0.1, 0.15) is 0 Å². The first kappa shape index (κ1) is 14.7. The lowest BCUT2D eigenvalue weighted by Gasteiger charge is -2.42. The summed E-state index contributed by atoms with van der Waals surface area (Å²) in [6.45, 7) is 3.13. The fourth-order valence-corrected chi connectivity index (χ4v) is 3.27. The van der Waals surface area contributed by atoms with E-state index < -0.39 is 0 Å². The van der Waals surface area contributed by atoms with Crippen LogP contribution in [0.2, 0.25) is 0 Å². The van der Waals surface area contributed by atoms with E-state index >= 15 is 0 Å². The van der Waals surface area contributed by atoms with E-state index in [1.165, 1.54) is 31.2 Å².